The van der Waals surface area contributed by atoms with E-state index in [0.717, 1.165) is 5.56 Å². The molecule has 0 aliphatic heterocycles. The molecule has 0 heterocycles. The van der Waals surface area contributed by atoms with Crippen LogP contribution < -0.4 is 0 Å². The summed E-state index contributed by atoms with van der Waals surface area (Å²) >= 11 is 0. The average molecular weight is 166 g/mol. The molecule has 0 spiro atoms. The first kappa shape index (κ1) is 8.71. The second kappa shape index (κ2) is 3.85. The molecule has 0 fully saturated rings. The largest absolute Gasteiger partial charge is 0.333 e. The van der Waals surface area contributed by atoms with Crippen LogP contribution in [0, 0.1) is 5.82 Å². The first-order chi connectivity index (χ1) is 5.72. The topological polar surface area (TPSA) is 20.3 Å². The molecule has 0 saturated carbocycles. The lowest BCUT2D eigenvalue weighted by molar-refractivity contribution is 0.429. The van der Waals surface area contributed by atoms with Gasteiger partial charge >= 0.3 is 6.41 Å². The Morgan fingerprint density at radius 2 is 2.33 bits per heavy atom. The third-order valence-electron chi connectivity index (χ3n) is 1.46. The fourth-order valence-electron chi connectivity index (χ4n) is 0.941. The van der Waals surface area contributed by atoms with Crippen LogP contribution in [0.5, 0.6) is 0 Å². The molecule has 0 aromatic heterocycles. The van der Waals surface area contributed by atoms with Crippen molar-refractivity contribution in [3.05, 3.63) is 35.6 Å². The predicted molar refractivity (Wildman–Crippen MR) is 43.6 cm³/mol. The van der Waals surface area contributed by atoms with Crippen LogP contribution in [-0.4, -0.2) is 18.4 Å². The zero-order chi connectivity index (χ0) is 8.97. The molecule has 1 rings (SSSR count). The summed E-state index contributed by atoms with van der Waals surface area (Å²) in [6.07, 6.45) is 1.69. The van der Waals surface area contributed by atoms with Gasteiger partial charge in [0.2, 0.25) is 0 Å². The Hall–Kier alpha value is -1.38. The summed E-state index contributed by atoms with van der Waals surface area (Å²) in [6.45, 7) is 0.390. The molecule has 2 nitrogen and oxygen atoms in total. The molecule has 0 aliphatic carbocycles. The fourth-order valence-corrected chi connectivity index (χ4v) is 0.941. The van der Waals surface area contributed by atoms with E-state index in [2.05, 4.69) is 0 Å². The van der Waals surface area contributed by atoms with Gasteiger partial charge in [-0.3, -0.25) is 4.79 Å². The second-order valence-corrected chi connectivity index (χ2v) is 2.58. The van der Waals surface area contributed by atoms with Crippen LogP contribution in [-0.2, 0) is 11.3 Å². The standard InChI is InChI=1S/C9H9FNO/c1-11(7-12)6-8-3-2-4-9(10)5-8/h2-5H,6H2,1H3. The minimum Gasteiger partial charge on any atom is -0.333 e. The molecule has 0 N–H and O–H groups in total. The summed E-state index contributed by atoms with van der Waals surface area (Å²) in [4.78, 5) is 11.4. The number of hydrogen-bond donors (Lipinski definition) is 0. The van der Waals surface area contributed by atoms with Crippen molar-refractivity contribution in [3.63, 3.8) is 0 Å². The number of hydrogen-bond acceptors (Lipinski definition) is 1. The van der Waals surface area contributed by atoms with Crippen molar-refractivity contribution < 1.29 is 9.18 Å². The van der Waals surface area contributed by atoms with Crippen LogP contribution in [0.25, 0.3) is 0 Å². The van der Waals surface area contributed by atoms with Crippen molar-refractivity contribution in [2.24, 2.45) is 0 Å². The molecule has 0 saturated heterocycles. The summed E-state index contributed by atoms with van der Waals surface area (Å²) in [7, 11) is 1.60. The van der Waals surface area contributed by atoms with Crippen LogP contribution in [0.4, 0.5) is 4.39 Å². The lowest BCUT2D eigenvalue weighted by Crippen LogP contribution is -2.14. The zero-order valence-electron chi connectivity index (χ0n) is 6.75. The maximum Gasteiger partial charge on any atom is 0.312 e. The van der Waals surface area contributed by atoms with Crippen molar-refractivity contribution in [2.45, 2.75) is 6.54 Å². The molecule has 3 heteroatoms. The molecule has 1 amide bonds. The molecule has 12 heavy (non-hydrogen) atoms. The van der Waals surface area contributed by atoms with Gasteiger partial charge in [0.25, 0.3) is 0 Å². The SMILES string of the molecule is CN([C]=O)Cc1cccc(F)c1. The number of carbonyl (C=O) groups excluding carboxylic acids is 1. The van der Waals surface area contributed by atoms with Crippen molar-refractivity contribution >= 4 is 6.41 Å². The first-order valence-corrected chi connectivity index (χ1v) is 3.56. The van der Waals surface area contributed by atoms with Crippen molar-refractivity contribution in [2.75, 3.05) is 7.05 Å². The highest BCUT2D eigenvalue weighted by Crippen LogP contribution is 2.04. The van der Waals surface area contributed by atoms with Crippen LogP contribution >= 0.6 is 0 Å². The smallest absolute Gasteiger partial charge is 0.312 e. The molecule has 0 bridgehead atoms. The van der Waals surface area contributed by atoms with Gasteiger partial charge in [0.15, 0.2) is 0 Å². The van der Waals surface area contributed by atoms with E-state index in [1.54, 1.807) is 25.6 Å². The highest BCUT2D eigenvalue weighted by Gasteiger charge is 1.98. The van der Waals surface area contributed by atoms with E-state index in [4.69, 9.17) is 0 Å². The molecular formula is C9H9FNO. The summed E-state index contributed by atoms with van der Waals surface area (Å²) in [6, 6.07) is 6.14. The van der Waals surface area contributed by atoms with Gasteiger partial charge in [0.05, 0.1) is 0 Å². The fraction of sp³-hybridized carbons (Fsp3) is 0.222. The quantitative estimate of drug-likeness (QED) is 0.620. The summed E-state index contributed by atoms with van der Waals surface area (Å²) in [5.41, 5.74) is 0.765. The Bertz CT molecular complexity index is 275. The second-order valence-electron chi connectivity index (χ2n) is 2.58. The molecule has 1 aromatic carbocycles. The van der Waals surface area contributed by atoms with Gasteiger partial charge in [-0.05, 0) is 17.7 Å². The summed E-state index contributed by atoms with van der Waals surface area (Å²) in [5, 5.41) is 0. The summed E-state index contributed by atoms with van der Waals surface area (Å²) < 4.78 is 12.6. The average Bonchev–Trinajstić information content (AvgIpc) is 2.04. The van der Waals surface area contributed by atoms with E-state index in [1.165, 1.54) is 17.0 Å². The van der Waals surface area contributed by atoms with Crippen LogP contribution in [0.1, 0.15) is 5.56 Å². The third kappa shape index (κ3) is 2.34. The van der Waals surface area contributed by atoms with Gasteiger partial charge in [-0.2, -0.15) is 0 Å². The molecule has 1 aromatic rings. The Kier molecular flexibility index (Phi) is 2.80. The van der Waals surface area contributed by atoms with E-state index < -0.39 is 0 Å². The molecule has 0 unspecified atom stereocenters. The molecular weight excluding hydrogens is 157 g/mol. The van der Waals surface area contributed by atoms with Crippen LogP contribution in [0.2, 0.25) is 0 Å². The Labute approximate surface area is 70.6 Å². The number of nitrogens with zero attached hydrogens (tertiary/aromatic N) is 1. The van der Waals surface area contributed by atoms with Gasteiger partial charge < -0.3 is 4.90 Å². The predicted octanol–water partition coefficient (Wildman–Crippen LogP) is 1.32. The Morgan fingerprint density at radius 3 is 2.92 bits per heavy atom. The molecule has 1 radical (unpaired) electrons. The molecule has 0 aliphatic rings. The van der Waals surface area contributed by atoms with E-state index in [-0.39, 0.29) is 5.82 Å². The minimum absolute atomic E-state index is 0.285. The lowest BCUT2D eigenvalue weighted by Gasteiger charge is -2.08. The lowest BCUT2D eigenvalue weighted by atomic mass is 10.2. The zero-order valence-corrected chi connectivity index (χ0v) is 6.75. The van der Waals surface area contributed by atoms with E-state index >= 15 is 0 Å². The van der Waals surface area contributed by atoms with Crippen molar-refractivity contribution in [1.29, 1.82) is 0 Å². The minimum atomic E-state index is -0.285. The molecule has 0 atom stereocenters. The van der Waals surface area contributed by atoms with Crippen LogP contribution in [0.3, 0.4) is 0 Å². The van der Waals surface area contributed by atoms with Crippen molar-refractivity contribution in [3.8, 4) is 0 Å². The maximum atomic E-state index is 12.6. The van der Waals surface area contributed by atoms with Gasteiger partial charge in [-0.1, -0.05) is 12.1 Å². The van der Waals surface area contributed by atoms with E-state index in [0.29, 0.717) is 6.54 Å². The number of rotatable bonds is 3. The van der Waals surface area contributed by atoms with Crippen molar-refractivity contribution in [1.82, 2.24) is 4.90 Å². The normalized spacial score (nSPS) is 9.50. The monoisotopic (exact) mass is 166 g/mol. The third-order valence-corrected chi connectivity index (χ3v) is 1.46. The first-order valence-electron chi connectivity index (χ1n) is 3.56. The Morgan fingerprint density at radius 1 is 1.58 bits per heavy atom. The van der Waals surface area contributed by atoms with Crippen LogP contribution in [0.15, 0.2) is 24.3 Å². The highest BCUT2D eigenvalue weighted by atomic mass is 19.1. The maximum absolute atomic E-state index is 12.6. The van der Waals surface area contributed by atoms with Gasteiger partial charge in [-0.15, -0.1) is 0 Å². The highest BCUT2D eigenvalue weighted by molar-refractivity contribution is 5.47. The van der Waals surface area contributed by atoms with Gasteiger partial charge in [0, 0.05) is 13.6 Å². The molecule has 63 valence electrons. The number of benzene rings is 1. The number of halogens is 1. The van der Waals surface area contributed by atoms with E-state index in [9.17, 15) is 9.18 Å². The van der Waals surface area contributed by atoms with Gasteiger partial charge in [0.1, 0.15) is 5.82 Å². The van der Waals surface area contributed by atoms with Gasteiger partial charge in [-0.25, -0.2) is 4.39 Å². The Balaban J connectivity index is 2.69. The number of amides is 1. The van der Waals surface area contributed by atoms with E-state index in [1.807, 2.05) is 0 Å². The summed E-state index contributed by atoms with van der Waals surface area (Å²) in [5.74, 6) is -0.285.